The number of nitrogens with zero attached hydrogens (tertiary/aromatic N) is 3. The number of likely N-dealkylation sites (tertiary alicyclic amines) is 1. The van der Waals surface area contributed by atoms with Crippen LogP contribution in [-0.2, 0) is 4.79 Å². The lowest BCUT2D eigenvalue weighted by Gasteiger charge is -2.46. The number of aromatic nitrogens is 1. The third kappa shape index (κ3) is 3.11. The van der Waals surface area contributed by atoms with Crippen molar-refractivity contribution in [1.29, 1.82) is 0 Å². The van der Waals surface area contributed by atoms with Gasteiger partial charge in [0.05, 0.1) is 0 Å². The van der Waals surface area contributed by atoms with Crippen LogP contribution < -0.4 is 5.56 Å². The molecule has 0 saturated carbocycles. The van der Waals surface area contributed by atoms with Gasteiger partial charge in [0.2, 0.25) is 5.91 Å². The van der Waals surface area contributed by atoms with Crippen LogP contribution in [0.25, 0.3) is 0 Å². The molecule has 0 aliphatic carbocycles. The van der Waals surface area contributed by atoms with Gasteiger partial charge in [-0.2, -0.15) is 0 Å². The molecule has 1 saturated heterocycles. The standard InChI is InChI=1S/C21H22ClN3O3/c1-23(2)21(28)19-15-9-14(17-7-4-8-18(26)25(17)19)11-24(12-15)20(27)13-5-3-6-16(22)10-13/h3-8,10,14-15,19H,9,11-12H2,1-2H3/t14-,15+,19-/m1/s1. The zero-order valence-electron chi connectivity index (χ0n) is 15.8. The summed E-state index contributed by atoms with van der Waals surface area (Å²) in [5.41, 5.74) is 1.20. The van der Waals surface area contributed by atoms with Crippen LogP contribution in [0.4, 0.5) is 0 Å². The molecule has 1 aromatic heterocycles. The highest BCUT2D eigenvalue weighted by molar-refractivity contribution is 6.30. The maximum absolute atomic E-state index is 13.1. The first-order chi connectivity index (χ1) is 13.4. The zero-order chi connectivity index (χ0) is 20.0. The van der Waals surface area contributed by atoms with Crippen LogP contribution in [0, 0.1) is 5.92 Å². The summed E-state index contributed by atoms with van der Waals surface area (Å²) in [6.45, 7) is 0.959. The molecule has 6 nitrogen and oxygen atoms in total. The van der Waals surface area contributed by atoms with E-state index in [9.17, 15) is 14.4 Å². The summed E-state index contributed by atoms with van der Waals surface area (Å²) in [4.78, 5) is 41.9. The summed E-state index contributed by atoms with van der Waals surface area (Å²) in [5, 5.41) is 0.514. The molecule has 2 aromatic rings. The number of likely N-dealkylation sites (N-methyl/N-ethyl adjacent to an activating group) is 1. The average molecular weight is 400 g/mol. The van der Waals surface area contributed by atoms with E-state index in [2.05, 4.69) is 0 Å². The summed E-state index contributed by atoms with van der Waals surface area (Å²) < 4.78 is 1.64. The van der Waals surface area contributed by atoms with Gasteiger partial charge in [-0.05, 0) is 30.7 Å². The van der Waals surface area contributed by atoms with Gasteiger partial charge in [0.25, 0.3) is 11.5 Å². The predicted octanol–water partition coefficient (Wildman–Crippen LogP) is 2.39. The van der Waals surface area contributed by atoms with Crippen molar-refractivity contribution in [2.45, 2.75) is 18.4 Å². The number of halogens is 1. The van der Waals surface area contributed by atoms with Crippen LogP contribution in [0.3, 0.4) is 0 Å². The Morgan fingerprint density at radius 3 is 2.57 bits per heavy atom. The van der Waals surface area contributed by atoms with Crippen molar-refractivity contribution in [2.24, 2.45) is 5.92 Å². The second-order valence-corrected chi connectivity index (χ2v) is 8.19. The number of fused-ring (bicyclic) bond motifs is 4. The highest BCUT2D eigenvalue weighted by atomic mass is 35.5. The first-order valence-electron chi connectivity index (χ1n) is 9.34. The van der Waals surface area contributed by atoms with Gasteiger partial charge in [0.15, 0.2) is 0 Å². The largest absolute Gasteiger partial charge is 0.347 e. The van der Waals surface area contributed by atoms with E-state index in [4.69, 9.17) is 11.6 Å². The lowest BCUT2D eigenvalue weighted by atomic mass is 9.78. The Labute approximate surface area is 168 Å². The second-order valence-electron chi connectivity index (χ2n) is 7.75. The molecule has 3 atom stereocenters. The molecule has 2 amide bonds. The molecule has 2 bridgehead atoms. The topological polar surface area (TPSA) is 62.6 Å². The molecule has 3 heterocycles. The highest BCUT2D eigenvalue weighted by Gasteiger charge is 2.45. The normalized spacial score (nSPS) is 23.1. The van der Waals surface area contributed by atoms with E-state index >= 15 is 0 Å². The van der Waals surface area contributed by atoms with Crippen molar-refractivity contribution in [1.82, 2.24) is 14.4 Å². The van der Waals surface area contributed by atoms with E-state index in [1.165, 1.54) is 11.0 Å². The van der Waals surface area contributed by atoms with Crippen LogP contribution in [0.5, 0.6) is 0 Å². The number of carbonyl (C=O) groups is 2. The molecule has 0 unspecified atom stereocenters. The Bertz CT molecular complexity index is 1000. The Balaban J connectivity index is 1.74. The first kappa shape index (κ1) is 18.7. The van der Waals surface area contributed by atoms with Gasteiger partial charge in [-0.1, -0.05) is 23.7 Å². The first-order valence-corrected chi connectivity index (χ1v) is 9.72. The fourth-order valence-electron chi connectivity index (χ4n) is 4.49. The zero-order valence-corrected chi connectivity index (χ0v) is 16.6. The van der Waals surface area contributed by atoms with Gasteiger partial charge in [-0.3, -0.25) is 19.0 Å². The maximum atomic E-state index is 13.1. The maximum Gasteiger partial charge on any atom is 0.253 e. The third-order valence-corrected chi connectivity index (χ3v) is 5.93. The highest BCUT2D eigenvalue weighted by Crippen LogP contribution is 2.42. The summed E-state index contributed by atoms with van der Waals surface area (Å²) in [6.07, 6.45) is 0.785. The number of benzene rings is 1. The Hall–Kier alpha value is -2.60. The van der Waals surface area contributed by atoms with Gasteiger partial charge in [0.1, 0.15) is 6.04 Å². The van der Waals surface area contributed by atoms with E-state index in [0.717, 1.165) is 12.1 Å². The van der Waals surface area contributed by atoms with Crippen LogP contribution in [0.15, 0.2) is 47.3 Å². The van der Waals surface area contributed by atoms with Crippen molar-refractivity contribution in [3.63, 3.8) is 0 Å². The molecule has 2 aliphatic heterocycles. The van der Waals surface area contributed by atoms with E-state index in [0.29, 0.717) is 23.7 Å². The molecule has 1 fully saturated rings. The minimum absolute atomic E-state index is 0.0296. The molecule has 4 rings (SSSR count). The smallest absolute Gasteiger partial charge is 0.253 e. The number of piperidine rings is 1. The number of pyridine rings is 1. The van der Waals surface area contributed by atoms with E-state index in [1.807, 2.05) is 6.07 Å². The predicted molar refractivity (Wildman–Crippen MR) is 107 cm³/mol. The number of carbonyl (C=O) groups excluding carboxylic acids is 2. The Kier molecular flexibility index (Phi) is 4.75. The van der Waals surface area contributed by atoms with Crippen LogP contribution in [-0.4, -0.2) is 53.4 Å². The van der Waals surface area contributed by atoms with E-state index < -0.39 is 6.04 Å². The van der Waals surface area contributed by atoms with Gasteiger partial charge in [0, 0.05) is 61.4 Å². The lowest BCUT2D eigenvalue weighted by molar-refractivity contribution is -0.135. The quantitative estimate of drug-likeness (QED) is 0.779. The fraction of sp³-hybridized carbons (Fsp3) is 0.381. The van der Waals surface area contributed by atoms with Crippen molar-refractivity contribution in [3.05, 3.63) is 69.1 Å². The van der Waals surface area contributed by atoms with Crippen LogP contribution in [0.1, 0.15) is 34.4 Å². The summed E-state index contributed by atoms with van der Waals surface area (Å²) in [7, 11) is 3.39. The summed E-state index contributed by atoms with van der Waals surface area (Å²) in [5.74, 6) is -0.290. The summed E-state index contributed by atoms with van der Waals surface area (Å²) >= 11 is 6.05. The lowest BCUT2D eigenvalue weighted by Crippen LogP contribution is -2.54. The average Bonchev–Trinajstić information content (AvgIpc) is 2.67. The summed E-state index contributed by atoms with van der Waals surface area (Å²) in [6, 6.07) is 11.4. The molecule has 0 radical (unpaired) electrons. The molecule has 0 N–H and O–H groups in total. The van der Waals surface area contributed by atoms with Crippen LogP contribution >= 0.6 is 11.6 Å². The van der Waals surface area contributed by atoms with Crippen LogP contribution in [0.2, 0.25) is 5.02 Å². The SMILES string of the molecule is CN(C)C(=O)[C@H]1[C@H]2C[C@H](CN(C(=O)c3cccc(Cl)c3)C2)c2cccc(=O)n21. The minimum atomic E-state index is -0.593. The van der Waals surface area contributed by atoms with Crippen molar-refractivity contribution >= 4 is 23.4 Å². The molecular formula is C21H22ClN3O3. The number of rotatable bonds is 2. The van der Waals surface area contributed by atoms with Gasteiger partial charge in [-0.25, -0.2) is 0 Å². The number of amides is 2. The molecule has 7 heteroatoms. The van der Waals surface area contributed by atoms with E-state index in [1.54, 1.807) is 53.9 Å². The molecular weight excluding hydrogens is 378 g/mol. The number of hydrogen-bond donors (Lipinski definition) is 0. The Morgan fingerprint density at radius 2 is 1.86 bits per heavy atom. The van der Waals surface area contributed by atoms with Crippen molar-refractivity contribution < 1.29 is 9.59 Å². The monoisotopic (exact) mass is 399 g/mol. The Morgan fingerprint density at radius 1 is 1.11 bits per heavy atom. The molecule has 2 aliphatic rings. The fourth-order valence-corrected chi connectivity index (χ4v) is 4.68. The second kappa shape index (κ2) is 7.09. The molecule has 146 valence electrons. The molecule has 0 spiro atoms. The van der Waals surface area contributed by atoms with Gasteiger partial charge < -0.3 is 9.80 Å². The molecule has 28 heavy (non-hydrogen) atoms. The number of hydrogen-bond acceptors (Lipinski definition) is 3. The van der Waals surface area contributed by atoms with E-state index in [-0.39, 0.29) is 29.2 Å². The van der Waals surface area contributed by atoms with Gasteiger partial charge >= 0.3 is 0 Å². The van der Waals surface area contributed by atoms with Gasteiger partial charge in [-0.15, -0.1) is 0 Å². The van der Waals surface area contributed by atoms with Crippen molar-refractivity contribution in [3.8, 4) is 0 Å². The third-order valence-electron chi connectivity index (χ3n) is 5.70. The van der Waals surface area contributed by atoms with Crippen molar-refractivity contribution in [2.75, 3.05) is 27.2 Å². The molecule has 1 aromatic carbocycles. The minimum Gasteiger partial charge on any atom is -0.347 e.